The molecule has 1 rings (SSSR count). The van der Waals surface area contributed by atoms with Gasteiger partial charge in [0, 0.05) is 0 Å². The smallest absolute Gasteiger partial charge is 0.0647 e. The summed E-state index contributed by atoms with van der Waals surface area (Å²) in [7, 11) is 0. The molecule has 0 heterocycles. The van der Waals surface area contributed by atoms with E-state index in [4.69, 9.17) is 11.6 Å². The average Bonchev–Trinajstić information content (AvgIpc) is 1.88. The van der Waals surface area contributed by atoms with Crippen molar-refractivity contribution in [2.45, 2.75) is 6.92 Å². The summed E-state index contributed by atoms with van der Waals surface area (Å²) in [5.41, 5.74) is 2.15. The Labute approximate surface area is 79.3 Å². The predicted molar refractivity (Wildman–Crippen MR) is 53.8 cm³/mol. The molecule has 54 valence electrons. The summed E-state index contributed by atoms with van der Waals surface area (Å²) >= 11 is 7.92. The molecule has 0 unspecified atom stereocenters. The van der Waals surface area contributed by atoms with Crippen LogP contribution < -0.4 is 3.53 Å². The Morgan fingerprint density at radius 2 is 2.20 bits per heavy atom. The van der Waals surface area contributed by atoms with E-state index in [-0.39, 0.29) is 0 Å². The number of nitrogens with one attached hydrogen (secondary N) is 1. The predicted octanol–water partition coefficient (Wildman–Crippen LogP) is 3.41. The Morgan fingerprint density at radius 3 is 2.70 bits per heavy atom. The molecule has 3 heteroatoms. The quantitative estimate of drug-likeness (QED) is 0.607. The van der Waals surface area contributed by atoms with E-state index >= 15 is 0 Å². The van der Waals surface area contributed by atoms with Gasteiger partial charge in [-0.3, -0.25) is 0 Å². The SMILES string of the molecule is Cc1ccc(NI)c(Cl)c1. The van der Waals surface area contributed by atoms with Crippen molar-refractivity contribution < 1.29 is 0 Å². The normalized spacial score (nSPS) is 9.50. The van der Waals surface area contributed by atoms with Crippen LogP contribution in [0, 0.1) is 6.92 Å². The molecule has 0 aliphatic rings. The summed E-state index contributed by atoms with van der Waals surface area (Å²) in [5.74, 6) is 0. The Bertz CT molecular complexity index is 237. The van der Waals surface area contributed by atoms with Gasteiger partial charge in [-0.15, -0.1) is 0 Å². The van der Waals surface area contributed by atoms with Crippen LogP contribution in [0.25, 0.3) is 0 Å². The van der Waals surface area contributed by atoms with Crippen molar-refractivity contribution in [3.05, 3.63) is 28.8 Å². The molecule has 10 heavy (non-hydrogen) atoms. The molecule has 0 aliphatic heterocycles. The van der Waals surface area contributed by atoms with Crippen molar-refractivity contribution in [2.24, 2.45) is 0 Å². The second-order valence-electron chi connectivity index (χ2n) is 2.08. The molecular weight excluding hydrogens is 260 g/mol. The van der Waals surface area contributed by atoms with Gasteiger partial charge in [0.1, 0.15) is 0 Å². The second-order valence-corrected chi connectivity index (χ2v) is 3.02. The monoisotopic (exact) mass is 267 g/mol. The third-order valence-electron chi connectivity index (χ3n) is 1.23. The van der Waals surface area contributed by atoms with Crippen LogP contribution in [0.4, 0.5) is 5.69 Å². The van der Waals surface area contributed by atoms with E-state index in [1.54, 1.807) is 0 Å². The standard InChI is InChI=1S/C7H7ClIN/c1-5-2-3-7(10-9)6(8)4-5/h2-4,10H,1H3. The lowest BCUT2D eigenvalue weighted by Gasteiger charge is -2.00. The van der Waals surface area contributed by atoms with E-state index < -0.39 is 0 Å². The molecule has 0 amide bonds. The molecule has 0 saturated heterocycles. The molecule has 0 radical (unpaired) electrons. The van der Waals surface area contributed by atoms with Gasteiger partial charge < -0.3 is 3.53 Å². The maximum absolute atomic E-state index is 5.86. The zero-order chi connectivity index (χ0) is 7.56. The maximum Gasteiger partial charge on any atom is 0.0647 e. The largest absolute Gasteiger partial charge is 0.327 e. The highest BCUT2D eigenvalue weighted by atomic mass is 127. The highest BCUT2D eigenvalue weighted by Gasteiger charge is 1.95. The van der Waals surface area contributed by atoms with Crippen LogP contribution in [0.2, 0.25) is 5.02 Å². The zero-order valence-corrected chi connectivity index (χ0v) is 8.40. The third kappa shape index (κ3) is 1.76. The highest BCUT2D eigenvalue weighted by Crippen LogP contribution is 2.23. The van der Waals surface area contributed by atoms with Crippen molar-refractivity contribution >= 4 is 40.2 Å². The van der Waals surface area contributed by atoms with E-state index in [0.717, 1.165) is 10.7 Å². The van der Waals surface area contributed by atoms with Crippen LogP contribution in [0.5, 0.6) is 0 Å². The van der Waals surface area contributed by atoms with Crippen LogP contribution in [0.3, 0.4) is 0 Å². The van der Waals surface area contributed by atoms with E-state index in [2.05, 4.69) is 26.4 Å². The van der Waals surface area contributed by atoms with Crippen LogP contribution in [-0.4, -0.2) is 0 Å². The number of hydrogen-bond donors (Lipinski definition) is 1. The molecule has 0 bridgehead atoms. The number of hydrogen-bond acceptors (Lipinski definition) is 1. The molecule has 0 fully saturated rings. The Kier molecular flexibility index (Phi) is 2.80. The third-order valence-corrected chi connectivity index (χ3v) is 2.12. The summed E-state index contributed by atoms with van der Waals surface area (Å²) in [6.07, 6.45) is 0. The van der Waals surface area contributed by atoms with Crippen molar-refractivity contribution in [2.75, 3.05) is 3.53 Å². The molecule has 1 aromatic rings. The van der Waals surface area contributed by atoms with E-state index in [0.29, 0.717) is 0 Å². The minimum absolute atomic E-state index is 0.773. The van der Waals surface area contributed by atoms with Crippen molar-refractivity contribution in [3.8, 4) is 0 Å². The number of benzene rings is 1. The van der Waals surface area contributed by atoms with Crippen LogP contribution in [0.1, 0.15) is 5.56 Å². The first-order valence-electron chi connectivity index (χ1n) is 2.87. The first kappa shape index (κ1) is 8.14. The molecule has 1 nitrogen and oxygen atoms in total. The van der Waals surface area contributed by atoms with Crippen LogP contribution >= 0.6 is 34.5 Å². The first-order valence-corrected chi connectivity index (χ1v) is 4.32. The molecule has 0 spiro atoms. The number of anilines is 1. The van der Waals surface area contributed by atoms with Gasteiger partial charge in [-0.25, -0.2) is 0 Å². The highest BCUT2D eigenvalue weighted by molar-refractivity contribution is 14.1. The zero-order valence-electron chi connectivity index (χ0n) is 5.49. The minimum atomic E-state index is 0.773. The van der Waals surface area contributed by atoms with Gasteiger partial charge in [-0.2, -0.15) is 0 Å². The lowest BCUT2D eigenvalue weighted by Crippen LogP contribution is -1.80. The molecule has 0 aromatic heterocycles. The summed E-state index contributed by atoms with van der Waals surface area (Å²) < 4.78 is 2.96. The van der Waals surface area contributed by atoms with Gasteiger partial charge in [0.25, 0.3) is 0 Å². The summed E-state index contributed by atoms with van der Waals surface area (Å²) in [4.78, 5) is 0. The first-order chi connectivity index (χ1) is 4.74. The fourth-order valence-electron chi connectivity index (χ4n) is 0.697. The van der Waals surface area contributed by atoms with Crippen molar-refractivity contribution in [1.82, 2.24) is 0 Å². The average molecular weight is 267 g/mol. The number of rotatable bonds is 1. The second kappa shape index (κ2) is 3.44. The maximum atomic E-state index is 5.86. The summed E-state index contributed by atoms with van der Waals surface area (Å²) in [5, 5.41) is 0.773. The topological polar surface area (TPSA) is 12.0 Å². The lowest BCUT2D eigenvalue weighted by atomic mass is 10.2. The Hall–Kier alpha value is 0.0400. The summed E-state index contributed by atoms with van der Waals surface area (Å²) in [6.45, 7) is 2.02. The lowest BCUT2D eigenvalue weighted by molar-refractivity contribution is 1.48. The molecule has 0 saturated carbocycles. The van der Waals surface area contributed by atoms with Crippen molar-refractivity contribution in [3.63, 3.8) is 0 Å². The van der Waals surface area contributed by atoms with Gasteiger partial charge in [0.2, 0.25) is 0 Å². The molecule has 0 aliphatic carbocycles. The molecular formula is C7H7ClIN. The van der Waals surface area contributed by atoms with Gasteiger partial charge in [-0.1, -0.05) is 17.7 Å². The minimum Gasteiger partial charge on any atom is -0.327 e. The summed E-state index contributed by atoms with van der Waals surface area (Å²) in [6, 6.07) is 5.92. The number of aryl methyl sites for hydroxylation is 1. The van der Waals surface area contributed by atoms with Gasteiger partial charge in [0.05, 0.1) is 33.6 Å². The molecule has 1 N–H and O–H groups in total. The van der Waals surface area contributed by atoms with E-state index in [1.165, 1.54) is 5.56 Å². The fourth-order valence-corrected chi connectivity index (χ4v) is 1.61. The fraction of sp³-hybridized carbons (Fsp3) is 0.143. The Morgan fingerprint density at radius 1 is 1.50 bits per heavy atom. The molecule has 0 atom stereocenters. The van der Waals surface area contributed by atoms with Crippen molar-refractivity contribution in [1.29, 1.82) is 0 Å². The Balaban J connectivity index is 3.07. The van der Waals surface area contributed by atoms with Crippen LogP contribution in [0.15, 0.2) is 18.2 Å². The van der Waals surface area contributed by atoms with Crippen LogP contribution in [-0.2, 0) is 0 Å². The van der Waals surface area contributed by atoms with Gasteiger partial charge in [-0.05, 0) is 24.6 Å². The molecule has 1 aromatic carbocycles. The van der Waals surface area contributed by atoms with E-state index in [9.17, 15) is 0 Å². The van der Waals surface area contributed by atoms with E-state index in [1.807, 2.05) is 25.1 Å². The van der Waals surface area contributed by atoms with Gasteiger partial charge >= 0.3 is 0 Å². The van der Waals surface area contributed by atoms with Gasteiger partial charge in [0.15, 0.2) is 0 Å². The number of halogens is 2.